The molecule has 0 saturated carbocycles. The number of carbonyl (C=O) groups excluding carboxylic acids is 1. The molecule has 0 spiro atoms. The molecule has 1 fully saturated rings. The Morgan fingerprint density at radius 2 is 1.88 bits per heavy atom. The standard InChI is InChI=1S/C19H29NO4/c1-4-18(21)17-7-5-6-8-19(17)23-12-11-22-10-9-20-13-15(2)24-16(3)14-20/h5-8,15-16H,4,9-14H2,1-3H3/t15-,16+. The lowest BCUT2D eigenvalue weighted by Gasteiger charge is -2.35. The highest BCUT2D eigenvalue weighted by Crippen LogP contribution is 2.19. The summed E-state index contributed by atoms with van der Waals surface area (Å²) in [5.41, 5.74) is 0.649. The van der Waals surface area contributed by atoms with Crippen LogP contribution in [-0.4, -0.2) is 62.3 Å². The molecule has 1 aliphatic heterocycles. The van der Waals surface area contributed by atoms with Gasteiger partial charge in [-0.3, -0.25) is 9.69 Å². The van der Waals surface area contributed by atoms with Crippen molar-refractivity contribution in [2.24, 2.45) is 0 Å². The van der Waals surface area contributed by atoms with Crippen LogP contribution in [0.4, 0.5) is 0 Å². The van der Waals surface area contributed by atoms with Gasteiger partial charge in [0, 0.05) is 26.1 Å². The van der Waals surface area contributed by atoms with Gasteiger partial charge in [-0.05, 0) is 26.0 Å². The van der Waals surface area contributed by atoms with Gasteiger partial charge < -0.3 is 14.2 Å². The number of hydrogen-bond acceptors (Lipinski definition) is 5. The monoisotopic (exact) mass is 335 g/mol. The normalized spacial score (nSPS) is 21.6. The smallest absolute Gasteiger partial charge is 0.166 e. The van der Waals surface area contributed by atoms with Crippen molar-refractivity contribution in [3.05, 3.63) is 29.8 Å². The number of rotatable bonds is 9. The third kappa shape index (κ3) is 5.89. The summed E-state index contributed by atoms with van der Waals surface area (Å²) in [7, 11) is 0. The Balaban J connectivity index is 1.64. The maximum atomic E-state index is 11.9. The molecule has 0 amide bonds. The second kappa shape index (κ2) is 9.77. The van der Waals surface area contributed by atoms with E-state index >= 15 is 0 Å². The molecule has 0 bridgehead atoms. The molecule has 0 aromatic heterocycles. The molecule has 0 aliphatic carbocycles. The molecule has 5 nitrogen and oxygen atoms in total. The fourth-order valence-corrected chi connectivity index (χ4v) is 2.99. The van der Waals surface area contributed by atoms with E-state index in [1.165, 1.54) is 0 Å². The van der Waals surface area contributed by atoms with Crippen molar-refractivity contribution < 1.29 is 19.0 Å². The van der Waals surface area contributed by atoms with Gasteiger partial charge in [-0.1, -0.05) is 19.1 Å². The van der Waals surface area contributed by atoms with Gasteiger partial charge in [0.2, 0.25) is 0 Å². The third-order valence-electron chi connectivity index (χ3n) is 4.04. The fourth-order valence-electron chi connectivity index (χ4n) is 2.99. The second-order valence-corrected chi connectivity index (χ2v) is 6.25. The van der Waals surface area contributed by atoms with E-state index in [9.17, 15) is 4.79 Å². The molecule has 2 atom stereocenters. The van der Waals surface area contributed by atoms with E-state index in [-0.39, 0.29) is 18.0 Å². The van der Waals surface area contributed by atoms with Gasteiger partial charge in [-0.15, -0.1) is 0 Å². The molecular formula is C19H29NO4. The summed E-state index contributed by atoms with van der Waals surface area (Å²) in [4.78, 5) is 14.2. The van der Waals surface area contributed by atoms with Crippen LogP contribution in [0.1, 0.15) is 37.6 Å². The van der Waals surface area contributed by atoms with E-state index in [4.69, 9.17) is 14.2 Å². The first-order chi connectivity index (χ1) is 11.6. The average molecular weight is 335 g/mol. The van der Waals surface area contributed by atoms with E-state index in [2.05, 4.69) is 18.7 Å². The van der Waals surface area contributed by atoms with E-state index in [1.807, 2.05) is 31.2 Å². The minimum atomic E-state index is 0.0991. The highest BCUT2D eigenvalue weighted by atomic mass is 16.5. The maximum Gasteiger partial charge on any atom is 0.166 e. The second-order valence-electron chi connectivity index (χ2n) is 6.25. The predicted molar refractivity (Wildman–Crippen MR) is 93.8 cm³/mol. The van der Waals surface area contributed by atoms with Crippen LogP contribution in [0.25, 0.3) is 0 Å². The van der Waals surface area contributed by atoms with Crippen LogP contribution in [0, 0.1) is 0 Å². The van der Waals surface area contributed by atoms with Crippen molar-refractivity contribution in [1.29, 1.82) is 0 Å². The minimum absolute atomic E-state index is 0.0991. The van der Waals surface area contributed by atoms with Crippen LogP contribution in [0.15, 0.2) is 24.3 Å². The van der Waals surface area contributed by atoms with Gasteiger partial charge in [0.15, 0.2) is 5.78 Å². The highest BCUT2D eigenvalue weighted by Gasteiger charge is 2.21. The quantitative estimate of drug-likeness (QED) is 0.513. The summed E-state index contributed by atoms with van der Waals surface area (Å²) in [6.07, 6.45) is 1.04. The Kier molecular flexibility index (Phi) is 7.69. The minimum Gasteiger partial charge on any atom is -0.490 e. The van der Waals surface area contributed by atoms with Gasteiger partial charge in [0.25, 0.3) is 0 Å². The fraction of sp³-hybridized carbons (Fsp3) is 0.632. The van der Waals surface area contributed by atoms with Gasteiger partial charge in [0.1, 0.15) is 12.4 Å². The molecule has 0 radical (unpaired) electrons. The van der Waals surface area contributed by atoms with Crippen LogP contribution in [0.5, 0.6) is 5.75 Å². The summed E-state index contributed by atoms with van der Waals surface area (Å²) in [5, 5.41) is 0. The van der Waals surface area contributed by atoms with Crippen LogP contribution in [0.3, 0.4) is 0 Å². The molecule has 1 aromatic carbocycles. The van der Waals surface area contributed by atoms with Crippen molar-refractivity contribution in [2.75, 3.05) is 39.5 Å². The molecular weight excluding hydrogens is 306 g/mol. The number of ether oxygens (including phenoxy) is 3. The van der Waals surface area contributed by atoms with Gasteiger partial charge in [-0.25, -0.2) is 0 Å². The number of benzene rings is 1. The molecule has 5 heteroatoms. The van der Waals surface area contributed by atoms with Crippen LogP contribution in [0.2, 0.25) is 0 Å². The number of hydrogen-bond donors (Lipinski definition) is 0. The number of carbonyl (C=O) groups is 1. The van der Waals surface area contributed by atoms with Crippen LogP contribution >= 0.6 is 0 Å². The Labute approximate surface area is 144 Å². The van der Waals surface area contributed by atoms with E-state index in [0.29, 0.717) is 37.6 Å². The molecule has 1 aromatic rings. The number of morpholine rings is 1. The van der Waals surface area contributed by atoms with Crippen LogP contribution < -0.4 is 4.74 Å². The Morgan fingerprint density at radius 3 is 2.58 bits per heavy atom. The zero-order valence-corrected chi connectivity index (χ0v) is 15.0. The lowest BCUT2D eigenvalue weighted by Crippen LogP contribution is -2.46. The van der Waals surface area contributed by atoms with Crippen LogP contribution in [-0.2, 0) is 9.47 Å². The molecule has 0 N–H and O–H groups in total. The summed E-state index contributed by atoms with van der Waals surface area (Å²) in [6.45, 7) is 10.5. The molecule has 24 heavy (non-hydrogen) atoms. The van der Waals surface area contributed by atoms with E-state index in [1.54, 1.807) is 0 Å². The van der Waals surface area contributed by atoms with Gasteiger partial charge in [0.05, 0.1) is 31.0 Å². The molecule has 2 rings (SSSR count). The van der Waals surface area contributed by atoms with Gasteiger partial charge >= 0.3 is 0 Å². The Hall–Kier alpha value is -1.43. The highest BCUT2D eigenvalue weighted by molar-refractivity contribution is 5.98. The van der Waals surface area contributed by atoms with Crippen molar-refractivity contribution in [3.63, 3.8) is 0 Å². The topological polar surface area (TPSA) is 48.0 Å². The maximum absolute atomic E-state index is 11.9. The first-order valence-electron chi connectivity index (χ1n) is 8.80. The third-order valence-corrected chi connectivity index (χ3v) is 4.04. The van der Waals surface area contributed by atoms with Gasteiger partial charge in [-0.2, -0.15) is 0 Å². The Bertz CT molecular complexity index is 510. The number of para-hydroxylation sites is 1. The number of ketones is 1. The largest absolute Gasteiger partial charge is 0.490 e. The van der Waals surface area contributed by atoms with E-state index in [0.717, 1.165) is 19.6 Å². The first kappa shape index (κ1) is 18.9. The number of nitrogens with zero attached hydrogens (tertiary/aromatic N) is 1. The van der Waals surface area contributed by atoms with E-state index < -0.39 is 0 Å². The SMILES string of the molecule is CCC(=O)c1ccccc1OCCOCCN1C[C@@H](C)O[C@@H](C)C1. The molecule has 1 aliphatic rings. The first-order valence-corrected chi connectivity index (χ1v) is 8.80. The van der Waals surface area contributed by atoms with Crippen molar-refractivity contribution in [3.8, 4) is 5.75 Å². The zero-order chi connectivity index (χ0) is 17.4. The average Bonchev–Trinajstić information content (AvgIpc) is 2.56. The summed E-state index contributed by atoms with van der Waals surface area (Å²) in [6, 6.07) is 7.38. The lowest BCUT2D eigenvalue weighted by atomic mass is 10.1. The molecule has 0 unspecified atom stereocenters. The van der Waals surface area contributed by atoms with Crippen molar-refractivity contribution in [2.45, 2.75) is 39.4 Å². The molecule has 1 saturated heterocycles. The molecule has 134 valence electrons. The lowest BCUT2D eigenvalue weighted by molar-refractivity contribution is -0.0734. The number of Topliss-reactive ketones (excluding diaryl/α,β-unsaturated/α-hetero) is 1. The van der Waals surface area contributed by atoms with Crippen molar-refractivity contribution in [1.82, 2.24) is 4.90 Å². The van der Waals surface area contributed by atoms with Crippen molar-refractivity contribution >= 4 is 5.78 Å². The summed E-state index contributed by atoms with van der Waals surface area (Å²) >= 11 is 0. The molecule has 1 heterocycles. The predicted octanol–water partition coefficient (Wildman–Crippen LogP) is 2.78. The summed E-state index contributed by atoms with van der Waals surface area (Å²) < 4.78 is 17.1. The summed E-state index contributed by atoms with van der Waals surface area (Å²) in [5.74, 6) is 0.742. The Morgan fingerprint density at radius 1 is 1.17 bits per heavy atom. The zero-order valence-electron chi connectivity index (χ0n) is 15.0.